The van der Waals surface area contributed by atoms with Crippen molar-refractivity contribution in [2.24, 2.45) is 0 Å². The Morgan fingerprint density at radius 1 is 1.15 bits per heavy atom. The van der Waals surface area contributed by atoms with Crippen LogP contribution in [0.2, 0.25) is 0 Å². The van der Waals surface area contributed by atoms with Crippen molar-refractivity contribution in [3.63, 3.8) is 0 Å². The van der Waals surface area contributed by atoms with Crippen LogP contribution in [0.1, 0.15) is 36.9 Å². The Balaban J connectivity index is 1.40. The minimum atomic E-state index is -0.00662. The highest BCUT2D eigenvalue weighted by Crippen LogP contribution is 2.44. The molecule has 1 aromatic carbocycles. The zero-order valence-corrected chi connectivity index (χ0v) is 16.3. The summed E-state index contributed by atoms with van der Waals surface area (Å²) in [4.78, 5) is 5.72. The maximum absolute atomic E-state index is 5.51. The number of nitrogens with zero attached hydrogens (tertiary/aromatic N) is 5. The van der Waals surface area contributed by atoms with Gasteiger partial charge in [-0.3, -0.25) is 4.57 Å². The van der Waals surface area contributed by atoms with E-state index in [0.717, 1.165) is 21.4 Å². The van der Waals surface area contributed by atoms with Gasteiger partial charge in [0.25, 0.3) is 0 Å². The van der Waals surface area contributed by atoms with Crippen LogP contribution < -0.4 is 0 Å². The van der Waals surface area contributed by atoms with Gasteiger partial charge in [-0.05, 0) is 31.2 Å². The Hall–Kier alpha value is -2.45. The van der Waals surface area contributed by atoms with Crippen LogP contribution in [0.15, 0.2) is 57.5 Å². The van der Waals surface area contributed by atoms with Gasteiger partial charge in [-0.15, -0.1) is 21.5 Å². The maximum Gasteiger partial charge on any atom is 0.240 e. The largest absolute Gasteiger partial charge is 0.338 e. The highest BCUT2D eigenvalue weighted by Gasteiger charge is 2.31. The van der Waals surface area contributed by atoms with E-state index < -0.39 is 0 Å². The molecule has 3 heterocycles. The first-order valence-electron chi connectivity index (χ1n) is 8.84. The van der Waals surface area contributed by atoms with Gasteiger partial charge in [0.2, 0.25) is 11.7 Å². The van der Waals surface area contributed by atoms with Crippen LogP contribution in [-0.2, 0) is 0 Å². The lowest BCUT2D eigenvalue weighted by Crippen LogP contribution is -2.00. The predicted octanol–water partition coefficient (Wildman–Crippen LogP) is 5.24. The molecule has 4 aromatic rings. The van der Waals surface area contributed by atoms with Gasteiger partial charge in [-0.2, -0.15) is 4.98 Å². The van der Waals surface area contributed by atoms with Gasteiger partial charge in [0.1, 0.15) is 0 Å². The van der Waals surface area contributed by atoms with Gasteiger partial charge in [0, 0.05) is 11.6 Å². The molecule has 0 N–H and O–H groups in total. The first-order chi connectivity index (χ1) is 13.3. The van der Waals surface area contributed by atoms with E-state index >= 15 is 0 Å². The van der Waals surface area contributed by atoms with Gasteiger partial charge in [-0.25, -0.2) is 0 Å². The molecule has 1 aliphatic carbocycles. The molecule has 1 aliphatic rings. The van der Waals surface area contributed by atoms with Crippen molar-refractivity contribution >= 4 is 23.1 Å². The van der Waals surface area contributed by atoms with Crippen LogP contribution in [0.4, 0.5) is 0 Å². The molecular formula is C19H17N5OS2. The third kappa shape index (κ3) is 3.30. The molecule has 1 fully saturated rings. The zero-order valence-electron chi connectivity index (χ0n) is 14.6. The third-order valence-corrected chi connectivity index (χ3v) is 6.33. The quantitative estimate of drug-likeness (QED) is 0.416. The molecule has 0 spiro atoms. The molecule has 0 saturated heterocycles. The standard InChI is InChI=1S/C19H17N5OS2/c1-12(18-20-16(23-25-18)13-6-3-2-4-7-13)27-19-22-21-17(15-8-5-11-26-15)24(19)14-9-10-14/h2-8,11-12,14H,9-10H2,1H3/t12-/m1/s1. The molecule has 3 aromatic heterocycles. The summed E-state index contributed by atoms with van der Waals surface area (Å²) < 4.78 is 7.78. The minimum Gasteiger partial charge on any atom is -0.338 e. The Morgan fingerprint density at radius 3 is 2.74 bits per heavy atom. The predicted molar refractivity (Wildman–Crippen MR) is 106 cm³/mol. The summed E-state index contributed by atoms with van der Waals surface area (Å²) in [7, 11) is 0. The van der Waals surface area contributed by atoms with Crippen molar-refractivity contribution in [2.75, 3.05) is 0 Å². The Kier molecular flexibility index (Phi) is 4.29. The van der Waals surface area contributed by atoms with Crippen LogP contribution in [0.5, 0.6) is 0 Å². The van der Waals surface area contributed by atoms with Crippen LogP contribution in [0.25, 0.3) is 22.1 Å². The van der Waals surface area contributed by atoms with Crippen molar-refractivity contribution in [3.05, 3.63) is 53.7 Å². The van der Waals surface area contributed by atoms with E-state index in [1.807, 2.05) is 36.4 Å². The maximum atomic E-state index is 5.51. The van der Waals surface area contributed by atoms with E-state index in [4.69, 9.17) is 4.52 Å². The molecule has 6 nitrogen and oxygen atoms in total. The number of rotatable bonds is 6. The van der Waals surface area contributed by atoms with Crippen molar-refractivity contribution < 1.29 is 4.52 Å². The summed E-state index contributed by atoms with van der Waals surface area (Å²) in [5.41, 5.74) is 0.950. The van der Waals surface area contributed by atoms with Gasteiger partial charge < -0.3 is 4.52 Å². The van der Waals surface area contributed by atoms with Gasteiger partial charge >= 0.3 is 0 Å². The van der Waals surface area contributed by atoms with Crippen molar-refractivity contribution in [2.45, 2.75) is 36.2 Å². The fraction of sp³-hybridized carbons (Fsp3) is 0.263. The summed E-state index contributed by atoms with van der Waals surface area (Å²) in [6.07, 6.45) is 2.36. The summed E-state index contributed by atoms with van der Waals surface area (Å²) in [6.45, 7) is 2.06. The normalized spacial score (nSPS) is 15.1. The number of thiophene rings is 1. The first-order valence-corrected chi connectivity index (χ1v) is 10.6. The number of hydrogen-bond acceptors (Lipinski definition) is 7. The second kappa shape index (κ2) is 6.94. The molecule has 0 radical (unpaired) electrons. The van der Waals surface area contributed by atoms with E-state index in [2.05, 4.69) is 43.3 Å². The lowest BCUT2D eigenvalue weighted by molar-refractivity contribution is 0.380. The molecule has 8 heteroatoms. The van der Waals surface area contributed by atoms with E-state index in [-0.39, 0.29) is 5.25 Å². The average Bonchev–Trinajstić information content (AvgIpc) is 3.11. The number of aromatic nitrogens is 5. The molecule has 1 atom stereocenters. The topological polar surface area (TPSA) is 69.6 Å². The molecule has 5 rings (SSSR count). The Labute approximate surface area is 164 Å². The van der Waals surface area contributed by atoms with Crippen LogP contribution >= 0.6 is 23.1 Å². The van der Waals surface area contributed by atoms with E-state index in [1.54, 1.807) is 23.1 Å². The minimum absolute atomic E-state index is 0.00662. The van der Waals surface area contributed by atoms with E-state index in [1.165, 1.54) is 12.8 Å². The molecule has 0 amide bonds. The van der Waals surface area contributed by atoms with Gasteiger partial charge in [-0.1, -0.05) is 53.3 Å². The highest BCUT2D eigenvalue weighted by atomic mass is 32.2. The lowest BCUT2D eigenvalue weighted by Gasteiger charge is -2.09. The van der Waals surface area contributed by atoms with E-state index in [0.29, 0.717) is 17.8 Å². The summed E-state index contributed by atoms with van der Waals surface area (Å²) in [5, 5.41) is 16.0. The second-order valence-corrected chi connectivity index (χ2v) is 8.72. The van der Waals surface area contributed by atoms with Crippen molar-refractivity contribution in [1.82, 2.24) is 24.9 Å². The zero-order chi connectivity index (χ0) is 18.2. The van der Waals surface area contributed by atoms with Crippen molar-refractivity contribution in [3.8, 4) is 22.1 Å². The van der Waals surface area contributed by atoms with Crippen molar-refractivity contribution in [1.29, 1.82) is 0 Å². The third-order valence-electron chi connectivity index (χ3n) is 4.42. The SMILES string of the molecule is C[C@@H](Sc1nnc(-c2cccs2)n1C1CC1)c1nc(-c2ccccc2)no1. The molecular weight excluding hydrogens is 378 g/mol. The fourth-order valence-corrected chi connectivity index (χ4v) is 4.56. The van der Waals surface area contributed by atoms with Crippen LogP contribution in [0, 0.1) is 0 Å². The fourth-order valence-electron chi connectivity index (χ4n) is 2.91. The smallest absolute Gasteiger partial charge is 0.240 e. The molecule has 136 valence electrons. The van der Waals surface area contributed by atoms with E-state index in [9.17, 15) is 0 Å². The number of hydrogen-bond donors (Lipinski definition) is 0. The summed E-state index contributed by atoms with van der Waals surface area (Å²) >= 11 is 3.31. The summed E-state index contributed by atoms with van der Waals surface area (Å²) in [5.74, 6) is 2.17. The monoisotopic (exact) mass is 395 g/mol. The van der Waals surface area contributed by atoms with Gasteiger partial charge in [0.05, 0.1) is 10.1 Å². The lowest BCUT2D eigenvalue weighted by atomic mass is 10.2. The second-order valence-electron chi connectivity index (χ2n) is 6.47. The molecule has 1 saturated carbocycles. The number of benzene rings is 1. The summed E-state index contributed by atoms with van der Waals surface area (Å²) in [6, 6.07) is 14.5. The molecule has 27 heavy (non-hydrogen) atoms. The molecule has 0 unspecified atom stereocenters. The number of thioether (sulfide) groups is 1. The Morgan fingerprint density at radius 2 is 2.00 bits per heavy atom. The van der Waals surface area contributed by atoms with Gasteiger partial charge in [0.15, 0.2) is 11.0 Å². The first kappa shape index (κ1) is 16.7. The molecule has 0 bridgehead atoms. The average molecular weight is 396 g/mol. The molecule has 0 aliphatic heterocycles. The van der Waals surface area contributed by atoms with Crippen LogP contribution in [0.3, 0.4) is 0 Å². The highest BCUT2D eigenvalue weighted by molar-refractivity contribution is 7.99. The van der Waals surface area contributed by atoms with Crippen LogP contribution in [-0.4, -0.2) is 24.9 Å². The Bertz CT molecular complexity index is 1040.